The lowest BCUT2D eigenvalue weighted by Gasteiger charge is -2.14. The zero-order chi connectivity index (χ0) is 18.7. The minimum Gasteiger partial charge on any atom is -0.487 e. The van der Waals surface area contributed by atoms with Gasteiger partial charge < -0.3 is 15.2 Å². The number of carbonyl (C=O) groups is 1. The number of hydrogen-bond donors (Lipinski definition) is 2. The van der Waals surface area contributed by atoms with Gasteiger partial charge in [0.25, 0.3) is 0 Å². The van der Waals surface area contributed by atoms with Gasteiger partial charge in [0, 0.05) is 12.2 Å². The molecule has 138 valence electrons. The second-order valence-corrected chi connectivity index (χ2v) is 8.49. The molecule has 1 aliphatic rings. The molecule has 0 heterocycles. The predicted molar refractivity (Wildman–Crippen MR) is 110 cm³/mol. The SMILES string of the molecule is Cc1cc(COc2c(Br)cc(CC(=O)O)cc2Br)cc(NCC2CC2)c1. The molecule has 2 aromatic carbocycles. The maximum absolute atomic E-state index is 10.9. The fraction of sp³-hybridized carbons (Fsp3) is 0.350. The minimum atomic E-state index is -0.858. The maximum Gasteiger partial charge on any atom is 0.307 e. The van der Waals surface area contributed by atoms with Gasteiger partial charge in [0.15, 0.2) is 0 Å². The van der Waals surface area contributed by atoms with Crippen molar-refractivity contribution in [3.8, 4) is 5.75 Å². The molecule has 3 rings (SSSR count). The van der Waals surface area contributed by atoms with E-state index in [1.54, 1.807) is 12.1 Å². The lowest BCUT2D eigenvalue weighted by Crippen LogP contribution is -2.05. The number of carboxylic acid groups (broad SMARTS) is 1. The third-order valence-electron chi connectivity index (χ3n) is 4.23. The molecular weight excluding hydrogens is 462 g/mol. The van der Waals surface area contributed by atoms with E-state index in [1.165, 1.54) is 18.4 Å². The summed E-state index contributed by atoms with van der Waals surface area (Å²) in [7, 11) is 0. The number of aliphatic carboxylic acids is 1. The number of rotatable bonds is 8. The van der Waals surface area contributed by atoms with Gasteiger partial charge in [0.1, 0.15) is 12.4 Å². The average molecular weight is 483 g/mol. The van der Waals surface area contributed by atoms with Crippen LogP contribution in [0.4, 0.5) is 5.69 Å². The van der Waals surface area contributed by atoms with Gasteiger partial charge in [-0.2, -0.15) is 0 Å². The highest BCUT2D eigenvalue weighted by molar-refractivity contribution is 9.11. The average Bonchev–Trinajstić information content (AvgIpc) is 3.35. The Morgan fingerprint density at radius 1 is 1.15 bits per heavy atom. The van der Waals surface area contributed by atoms with Crippen molar-refractivity contribution in [2.45, 2.75) is 32.8 Å². The van der Waals surface area contributed by atoms with E-state index < -0.39 is 5.97 Å². The van der Waals surface area contributed by atoms with Crippen LogP contribution in [0.25, 0.3) is 0 Å². The molecular formula is C20H21Br2NO3. The molecule has 1 aliphatic carbocycles. The fourth-order valence-electron chi connectivity index (χ4n) is 2.81. The first kappa shape index (κ1) is 19.2. The number of hydrogen-bond acceptors (Lipinski definition) is 3. The van der Waals surface area contributed by atoms with Crippen molar-refractivity contribution in [1.29, 1.82) is 0 Å². The van der Waals surface area contributed by atoms with Crippen LogP contribution in [-0.4, -0.2) is 17.6 Å². The summed E-state index contributed by atoms with van der Waals surface area (Å²) in [5.74, 6) is 0.642. The molecule has 1 fully saturated rings. The Hall–Kier alpha value is -1.53. The summed E-state index contributed by atoms with van der Waals surface area (Å²) in [6.07, 6.45) is 2.63. The molecule has 0 saturated heterocycles. The quantitative estimate of drug-likeness (QED) is 0.518. The van der Waals surface area contributed by atoms with Crippen LogP contribution in [0.15, 0.2) is 39.3 Å². The Morgan fingerprint density at radius 2 is 1.85 bits per heavy atom. The van der Waals surface area contributed by atoms with Crippen LogP contribution in [0.3, 0.4) is 0 Å². The third kappa shape index (κ3) is 5.48. The van der Waals surface area contributed by atoms with Crippen LogP contribution in [0.5, 0.6) is 5.75 Å². The molecule has 2 N–H and O–H groups in total. The van der Waals surface area contributed by atoms with Crippen molar-refractivity contribution in [1.82, 2.24) is 0 Å². The van der Waals surface area contributed by atoms with E-state index in [4.69, 9.17) is 9.84 Å². The third-order valence-corrected chi connectivity index (χ3v) is 5.40. The van der Waals surface area contributed by atoms with Crippen molar-refractivity contribution in [3.63, 3.8) is 0 Å². The Balaban J connectivity index is 1.69. The van der Waals surface area contributed by atoms with E-state index in [-0.39, 0.29) is 6.42 Å². The molecule has 0 aliphatic heterocycles. The topological polar surface area (TPSA) is 58.6 Å². The van der Waals surface area contributed by atoms with Gasteiger partial charge in [-0.05, 0) is 98.5 Å². The monoisotopic (exact) mass is 481 g/mol. The number of halogens is 2. The first-order chi connectivity index (χ1) is 12.4. The summed E-state index contributed by atoms with van der Waals surface area (Å²) in [5, 5.41) is 12.4. The zero-order valence-corrected chi connectivity index (χ0v) is 17.7. The van der Waals surface area contributed by atoms with Gasteiger partial charge in [0.2, 0.25) is 0 Å². The van der Waals surface area contributed by atoms with Gasteiger partial charge in [-0.3, -0.25) is 4.79 Å². The van der Waals surface area contributed by atoms with Crippen LogP contribution in [0.2, 0.25) is 0 Å². The molecule has 4 nitrogen and oxygen atoms in total. The van der Waals surface area contributed by atoms with Gasteiger partial charge in [-0.25, -0.2) is 0 Å². The Kier molecular flexibility index (Phi) is 6.24. The smallest absolute Gasteiger partial charge is 0.307 e. The molecule has 2 aromatic rings. The summed E-state index contributed by atoms with van der Waals surface area (Å²) in [6, 6.07) is 9.96. The zero-order valence-electron chi connectivity index (χ0n) is 14.5. The summed E-state index contributed by atoms with van der Waals surface area (Å²) in [5.41, 5.74) is 4.13. The van der Waals surface area contributed by atoms with Crippen molar-refractivity contribution in [2.24, 2.45) is 5.92 Å². The Labute approximate surface area is 170 Å². The fourth-order valence-corrected chi connectivity index (χ4v) is 4.32. The van der Waals surface area contributed by atoms with Crippen molar-refractivity contribution in [3.05, 3.63) is 56.0 Å². The number of anilines is 1. The number of ether oxygens (including phenoxy) is 1. The Bertz CT molecular complexity index is 796. The number of nitrogens with one attached hydrogen (secondary N) is 1. The van der Waals surface area contributed by atoms with Gasteiger partial charge in [-0.1, -0.05) is 6.07 Å². The summed E-state index contributed by atoms with van der Waals surface area (Å²) < 4.78 is 7.47. The van der Waals surface area contributed by atoms with Gasteiger partial charge in [-0.15, -0.1) is 0 Å². The molecule has 0 amide bonds. The number of benzene rings is 2. The van der Waals surface area contributed by atoms with E-state index in [0.29, 0.717) is 17.9 Å². The summed E-state index contributed by atoms with van der Waals surface area (Å²) in [6.45, 7) is 3.56. The van der Waals surface area contributed by atoms with E-state index in [1.807, 2.05) is 0 Å². The predicted octanol–water partition coefficient (Wildman–Crippen LogP) is 5.55. The summed E-state index contributed by atoms with van der Waals surface area (Å²) >= 11 is 6.96. The Morgan fingerprint density at radius 3 is 2.46 bits per heavy atom. The largest absolute Gasteiger partial charge is 0.487 e. The van der Waals surface area contributed by atoms with Crippen LogP contribution < -0.4 is 10.1 Å². The molecule has 0 spiro atoms. The molecule has 1 saturated carbocycles. The van der Waals surface area contributed by atoms with Crippen LogP contribution in [-0.2, 0) is 17.8 Å². The number of aryl methyl sites for hydroxylation is 1. The van der Waals surface area contributed by atoms with E-state index >= 15 is 0 Å². The molecule has 0 radical (unpaired) electrons. The van der Waals surface area contributed by atoms with Crippen LogP contribution in [0, 0.1) is 12.8 Å². The molecule has 0 aromatic heterocycles. The highest BCUT2D eigenvalue weighted by Gasteiger charge is 2.20. The van der Waals surface area contributed by atoms with Crippen molar-refractivity contribution >= 4 is 43.5 Å². The van der Waals surface area contributed by atoms with E-state index in [2.05, 4.69) is 62.3 Å². The van der Waals surface area contributed by atoms with Gasteiger partial charge >= 0.3 is 5.97 Å². The lowest BCUT2D eigenvalue weighted by molar-refractivity contribution is -0.136. The van der Waals surface area contributed by atoms with Crippen molar-refractivity contribution < 1.29 is 14.6 Å². The van der Waals surface area contributed by atoms with Crippen LogP contribution in [0.1, 0.15) is 29.5 Å². The number of carboxylic acids is 1. The lowest BCUT2D eigenvalue weighted by atomic mass is 10.1. The highest BCUT2D eigenvalue weighted by Crippen LogP contribution is 2.36. The molecule has 0 unspecified atom stereocenters. The first-order valence-corrected chi connectivity index (χ1v) is 10.2. The van der Waals surface area contributed by atoms with E-state index in [9.17, 15) is 4.79 Å². The van der Waals surface area contributed by atoms with Crippen molar-refractivity contribution in [2.75, 3.05) is 11.9 Å². The van der Waals surface area contributed by atoms with E-state index in [0.717, 1.165) is 32.7 Å². The second-order valence-electron chi connectivity index (χ2n) is 6.78. The standard InChI is InChI=1S/C20H21Br2NO3/c1-12-4-15(6-16(5-12)23-10-13-2-3-13)11-26-20-17(21)7-14(8-18(20)22)9-19(24)25/h4-8,13,23H,2-3,9-11H2,1H3,(H,24,25). The molecule has 0 bridgehead atoms. The normalized spacial score (nSPS) is 13.5. The second kappa shape index (κ2) is 8.44. The minimum absolute atomic E-state index is 0.0224. The molecule has 26 heavy (non-hydrogen) atoms. The molecule has 0 atom stereocenters. The maximum atomic E-state index is 10.9. The van der Waals surface area contributed by atoms with Gasteiger partial charge in [0.05, 0.1) is 15.4 Å². The molecule has 6 heteroatoms. The first-order valence-electron chi connectivity index (χ1n) is 8.57. The van der Waals surface area contributed by atoms with Crippen LogP contribution >= 0.6 is 31.9 Å². The highest BCUT2D eigenvalue weighted by atomic mass is 79.9. The summed E-state index contributed by atoms with van der Waals surface area (Å²) in [4.78, 5) is 10.9.